The number of hydrogen-bond donors (Lipinski definition) is 1. The van der Waals surface area contributed by atoms with Crippen LogP contribution in [-0.2, 0) is 0 Å². The molecular formula is C22H18FN3O. The molecule has 5 heteroatoms. The number of nitrogens with zero attached hydrogens (tertiary/aromatic N) is 2. The van der Waals surface area contributed by atoms with Crippen molar-refractivity contribution in [2.75, 3.05) is 0 Å². The zero-order valence-corrected chi connectivity index (χ0v) is 14.9. The second-order valence-electron chi connectivity index (χ2n) is 6.61. The molecule has 1 amide bonds. The minimum Gasteiger partial charge on any atom is -0.267 e. The van der Waals surface area contributed by atoms with Gasteiger partial charge in [0.2, 0.25) is 0 Å². The van der Waals surface area contributed by atoms with Crippen LogP contribution >= 0.6 is 0 Å². The lowest BCUT2D eigenvalue weighted by Gasteiger charge is -2.09. The van der Waals surface area contributed by atoms with Crippen LogP contribution in [0.4, 0.5) is 4.39 Å². The van der Waals surface area contributed by atoms with Crippen molar-refractivity contribution in [2.45, 2.75) is 19.8 Å². The first-order valence-electron chi connectivity index (χ1n) is 8.80. The predicted molar refractivity (Wildman–Crippen MR) is 105 cm³/mol. The molecule has 0 unspecified atom stereocenters. The van der Waals surface area contributed by atoms with Crippen LogP contribution in [0.3, 0.4) is 0 Å². The van der Waals surface area contributed by atoms with E-state index in [9.17, 15) is 9.18 Å². The Morgan fingerprint density at radius 3 is 2.63 bits per heavy atom. The fraction of sp³-hybridized carbons (Fsp3) is 0.136. The molecule has 1 heterocycles. The van der Waals surface area contributed by atoms with E-state index in [1.54, 1.807) is 18.2 Å². The number of hydrogen-bond acceptors (Lipinski definition) is 3. The van der Waals surface area contributed by atoms with E-state index < -0.39 is 0 Å². The molecule has 27 heavy (non-hydrogen) atoms. The molecule has 0 atom stereocenters. The van der Waals surface area contributed by atoms with Crippen LogP contribution in [0.5, 0.6) is 0 Å². The summed E-state index contributed by atoms with van der Waals surface area (Å²) in [4.78, 5) is 17.4. The van der Waals surface area contributed by atoms with E-state index in [1.807, 2.05) is 30.3 Å². The molecular weight excluding hydrogens is 341 g/mol. The smallest absolute Gasteiger partial charge is 0.267 e. The summed E-state index contributed by atoms with van der Waals surface area (Å²) in [5.74, 6) is -0.601. The van der Waals surface area contributed by atoms with Crippen molar-refractivity contribution in [1.82, 2.24) is 10.4 Å². The first kappa shape index (κ1) is 17.1. The number of carbonyl (C=O) groups excluding carboxylic acids is 1. The minimum atomic E-state index is -0.312. The van der Waals surface area contributed by atoms with Crippen molar-refractivity contribution < 1.29 is 9.18 Å². The molecule has 2 aromatic carbocycles. The van der Waals surface area contributed by atoms with E-state index in [0.29, 0.717) is 16.8 Å². The number of benzene rings is 2. The van der Waals surface area contributed by atoms with Crippen LogP contribution in [-0.4, -0.2) is 16.6 Å². The molecule has 4 rings (SSSR count). The lowest BCUT2D eigenvalue weighted by Crippen LogP contribution is -2.19. The average Bonchev–Trinajstić information content (AvgIpc) is 3.11. The summed E-state index contributed by atoms with van der Waals surface area (Å²) in [6, 6.07) is 15.2. The fourth-order valence-corrected chi connectivity index (χ4v) is 3.16. The maximum absolute atomic E-state index is 13.2. The number of fused-ring (bicyclic) bond motifs is 1. The summed E-state index contributed by atoms with van der Waals surface area (Å²) in [5, 5.41) is 4.99. The Morgan fingerprint density at radius 1 is 1.11 bits per heavy atom. The second-order valence-corrected chi connectivity index (χ2v) is 6.61. The highest BCUT2D eigenvalue weighted by atomic mass is 19.1. The van der Waals surface area contributed by atoms with Crippen LogP contribution < -0.4 is 5.43 Å². The SMILES string of the molecule is CC1=C/C(=N/NC(=O)c2cc(-c3ccc(F)cc3)nc3ccccc23)CC1. The molecule has 1 aliphatic carbocycles. The number of carbonyl (C=O) groups is 1. The first-order chi connectivity index (χ1) is 13.1. The summed E-state index contributed by atoms with van der Waals surface area (Å²) in [7, 11) is 0. The highest BCUT2D eigenvalue weighted by Gasteiger charge is 2.14. The lowest BCUT2D eigenvalue weighted by molar-refractivity contribution is 0.0956. The highest BCUT2D eigenvalue weighted by Crippen LogP contribution is 2.25. The maximum atomic E-state index is 13.2. The van der Waals surface area contributed by atoms with E-state index in [0.717, 1.165) is 29.5 Å². The molecule has 1 aliphatic rings. The van der Waals surface area contributed by atoms with Gasteiger partial charge in [0.25, 0.3) is 5.91 Å². The first-order valence-corrected chi connectivity index (χ1v) is 8.80. The molecule has 1 aromatic heterocycles. The third kappa shape index (κ3) is 3.62. The average molecular weight is 359 g/mol. The van der Waals surface area contributed by atoms with Gasteiger partial charge in [0.1, 0.15) is 5.82 Å². The van der Waals surface area contributed by atoms with Gasteiger partial charge in [-0.15, -0.1) is 0 Å². The van der Waals surface area contributed by atoms with Crippen LogP contribution in [0.15, 0.2) is 71.3 Å². The number of hydrazone groups is 1. The molecule has 0 fully saturated rings. The van der Waals surface area contributed by atoms with Crippen molar-refractivity contribution in [3.63, 3.8) is 0 Å². The topological polar surface area (TPSA) is 54.4 Å². The molecule has 0 spiro atoms. The van der Waals surface area contributed by atoms with E-state index in [2.05, 4.69) is 22.4 Å². The summed E-state index contributed by atoms with van der Waals surface area (Å²) < 4.78 is 13.2. The Bertz CT molecular complexity index is 1080. The third-order valence-corrected chi connectivity index (χ3v) is 4.59. The van der Waals surface area contributed by atoms with Crippen molar-refractivity contribution in [2.24, 2.45) is 5.10 Å². The number of para-hydroxylation sites is 1. The normalized spacial score (nSPS) is 15.2. The van der Waals surface area contributed by atoms with Crippen LogP contribution in [0.2, 0.25) is 0 Å². The van der Waals surface area contributed by atoms with Gasteiger partial charge in [-0.1, -0.05) is 23.8 Å². The molecule has 0 saturated carbocycles. The largest absolute Gasteiger partial charge is 0.272 e. The van der Waals surface area contributed by atoms with E-state index >= 15 is 0 Å². The molecule has 3 aromatic rings. The standard InChI is InChI=1S/C22H18FN3O/c1-14-6-11-17(12-14)25-26-22(27)19-13-21(15-7-9-16(23)10-8-15)24-20-5-3-2-4-18(19)20/h2-5,7-10,12-13H,6,11H2,1H3,(H,26,27)/b25-17+. The summed E-state index contributed by atoms with van der Waals surface area (Å²) in [6.07, 6.45) is 3.81. The molecule has 0 aliphatic heterocycles. The van der Waals surface area contributed by atoms with Gasteiger partial charge in [0, 0.05) is 10.9 Å². The van der Waals surface area contributed by atoms with Crippen molar-refractivity contribution >= 4 is 22.5 Å². The highest BCUT2D eigenvalue weighted by molar-refractivity contribution is 6.08. The Morgan fingerprint density at radius 2 is 1.89 bits per heavy atom. The summed E-state index contributed by atoms with van der Waals surface area (Å²) in [6.45, 7) is 2.05. The zero-order chi connectivity index (χ0) is 18.8. The minimum absolute atomic E-state index is 0.289. The van der Waals surface area contributed by atoms with Crippen LogP contribution in [0.25, 0.3) is 22.2 Å². The van der Waals surface area contributed by atoms with Crippen LogP contribution in [0.1, 0.15) is 30.1 Å². The van der Waals surface area contributed by atoms with Gasteiger partial charge in [-0.3, -0.25) is 4.79 Å². The Balaban J connectivity index is 1.74. The quantitative estimate of drug-likeness (QED) is 0.679. The third-order valence-electron chi connectivity index (χ3n) is 4.59. The Hall–Kier alpha value is -3.34. The predicted octanol–water partition coefficient (Wildman–Crippen LogP) is 4.87. The molecule has 4 nitrogen and oxygen atoms in total. The van der Waals surface area contributed by atoms with Gasteiger partial charge in [-0.25, -0.2) is 14.8 Å². The van der Waals surface area contributed by atoms with E-state index in [4.69, 9.17) is 0 Å². The number of halogens is 1. The van der Waals surface area contributed by atoms with Gasteiger partial charge >= 0.3 is 0 Å². The zero-order valence-electron chi connectivity index (χ0n) is 14.9. The number of nitrogens with one attached hydrogen (secondary N) is 1. The van der Waals surface area contributed by atoms with Crippen LogP contribution in [0, 0.1) is 5.82 Å². The van der Waals surface area contributed by atoms with Crippen molar-refractivity contribution in [1.29, 1.82) is 0 Å². The summed E-state index contributed by atoms with van der Waals surface area (Å²) in [5.41, 5.74) is 7.34. The van der Waals surface area contributed by atoms with Gasteiger partial charge in [-0.05, 0) is 62.2 Å². The van der Waals surface area contributed by atoms with Gasteiger partial charge in [-0.2, -0.15) is 5.10 Å². The Labute approximate surface area is 156 Å². The lowest BCUT2D eigenvalue weighted by atomic mass is 10.0. The number of pyridine rings is 1. The van der Waals surface area contributed by atoms with Gasteiger partial charge < -0.3 is 0 Å². The van der Waals surface area contributed by atoms with E-state index in [-0.39, 0.29) is 11.7 Å². The molecule has 134 valence electrons. The van der Waals surface area contributed by atoms with Crippen molar-refractivity contribution in [3.05, 3.63) is 77.6 Å². The molecule has 0 saturated heterocycles. The fourth-order valence-electron chi connectivity index (χ4n) is 3.16. The molecule has 0 bridgehead atoms. The molecule has 1 N–H and O–H groups in total. The Kier molecular flexibility index (Phi) is 4.50. The summed E-state index contributed by atoms with van der Waals surface area (Å²) >= 11 is 0. The maximum Gasteiger partial charge on any atom is 0.272 e. The van der Waals surface area contributed by atoms with Gasteiger partial charge in [0.05, 0.1) is 22.5 Å². The van der Waals surface area contributed by atoms with Crippen molar-refractivity contribution in [3.8, 4) is 11.3 Å². The van der Waals surface area contributed by atoms with E-state index in [1.165, 1.54) is 17.7 Å². The van der Waals surface area contributed by atoms with Gasteiger partial charge in [0.15, 0.2) is 0 Å². The number of amides is 1. The number of aromatic nitrogens is 1. The number of allylic oxidation sites excluding steroid dienone is 2. The monoisotopic (exact) mass is 359 g/mol. The second kappa shape index (κ2) is 7.11. The number of rotatable bonds is 3. The molecule has 0 radical (unpaired) electrons.